The van der Waals surface area contributed by atoms with Crippen LogP contribution in [0.5, 0.6) is 0 Å². The van der Waals surface area contributed by atoms with Crippen molar-refractivity contribution < 1.29 is 0 Å². The molecule has 0 bridgehead atoms. The Morgan fingerprint density at radius 1 is 1.29 bits per heavy atom. The predicted molar refractivity (Wildman–Crippen MR) is 70.9 cm³/mol. The molecule has 1 aromatic heterocycles. The van der Waals surface area contributed by atoms with E-state index in [0.717, 1.165) is 17.9 Å². The number of nitrogens with zero attached hydrogens (tertiary/aromatic N) is 1. The highest BCUT2D eigenvalue weighted by atomic mass is 14.9. The molecule has 0 saturated heterocycles. The first-order valence-electron chi connectivity index (χ1n) is 5.93. The second-order valence-corrected chi connectivity index (χ2v) is 4.72. The molecule has 17 heavy (non-hydrogen) atoms. The first-order valence-corrected chi connectivity index (χ1v) is 5.93. The fraction of sp³-hybridized carbons (Fsp3) is 0.357. The first-order chi connectivity index (χ1) is 8.06. The van der Waals surface area contributed by atoms with Gasteiger partial charge in [0.1, 0.15) is 5.82 Å². The minimum Gasteiger partial charge on any atom is -0.342 e. The largest absolute Gasteiger partial charge is 0.342 e. The van der Waals surface area contributed by atoms with E-state index in [1.807, 2.05) is 13.1 Å². The number of aryl methyl sites for hydroxylation is 2. The molecule has 90 valence electrons. The molecule has 3 N–H and O–H groups in total. The van der Waals surface area contributed by atoms with Crippen molar-refractivity contribution in [2.75, 3.05) is 0 Å². The number of hydrogen-bond acceptors (Lipinski definition) is 2. The summed E-state index contributed by atoms with van der Waals surface area (Å²) in [6.07, 6.45) is 2.66. The summed E-state index contributed by atoms with van der Waals surface area (Å²) in [5, 5.41) is 0. The van der Waals surface area contributed by atoms with Crippen LogP contribution in [-0.2, 0) is 6.42 Å². The molecule has 1 unspecified atom stereocenters. The lowest BCUT2D eigenvalue weighted by molar-refractivity contribution is 0.710. The normalized spacial score (nSPS) is 12.7. The summed E-state index contributed by atoms with van der Waals surface area (Å²) in [4.78, 5) is 7.67. The zero-order valence-electron chi connectivity index (χ0n) is 10.6. The number of benzene rings is 1. The monoisotopic (exact) mass is 229 g/mol. The van der Waals surface area contributed by atoms with Crippen LogP contribution in [-0.4, -0.2) is 16.0 Å². The lowest BCUT2D eigenvalue weighted by Crippen LogP contribution is -2.18. The Labute approximate surface area is 102 Å². The summed E-state index contributed by atoms with van der Waals surface area (Å²) in [5.74, 6) is 0.952. The number of imidazole rings is 1. The van der Waals surface area contributed by atoms with E-state index in [4.69, 9.17) is 5.73 Å². The number of aromatic nitrogens is 2. The summed E-state index contributed by atoms with van der Waals surface area (Å²) >= 11 is 0. The van der Waals surface area contributed by atoms with Gasteiger partial charge in [-0.25, -0.2) is 4.98 Å². The average molecular weight is 229 g/mol. The maximum atomic E-state index is 5.76. The smallest absolute Gasteiger partial charge is 0.108 e. The maximum absolute atomic E-state index is 5.76. The van der Waals surface area contributed by atoms with Gasteiger partial charge in [-0.2, -0.15) is 0 Å². The average Bonchev–Trinajstić information content (AvgIpc) is 2.69. The molecule has 0 aliphatic rings. The van der Waals surface area contributed by atoms with Gasteiger partial charge >= 0.3 is 0 Å². The van der Waals surface area contributed by atoms with E-state index in [9.17, 15) is 0 Å². The fourth-order valence-electron chi connectivity index (χ4n) is 1.83. The summed E-state index contributed by atoms with van der Waals surface area (Å²) in [6.45, 7) is 6.23. The molecule has 3 heteroatoms. The summed E-state index contributed by atoms with van der Waals surface area (Å²) < 4.78 is 0. The van der Waals surface area contributed by atoms with Crippen molar-refractivity contribution in [3.63, 3.8) is 0 Å². The van der Waals surface area contributed by atoms with Gasteiger partial charge in [-0.15, -0.1) is 0 Å². The topological polar surface area (TPSA) is 54.7 Å². The van der Waals surface area contributed by atoms with Crippen molar-refractivity contribution in [1.82, 2.24) is 9.97 Å². The molecule has 1 heterocycles. The van der Waals surface area contributed by atoms with Crippen LogP contribution in [0.25, 0.3) is 11.3 Å². The van der Waals surface area contributed by atoms with E-state index in [-0.39, 0.29) is 6.04 Å². The number of nitrogens with one attached hydrogen (secondary N) is 1. The standard InChI is InChI=1S/C14H19N3/c1-9-4-5-12(6-10(9)2)13-8-16-14(17-13)7-11(3)15/h4-6,8,11H,7,15H2,1-3H3,(H,16,17). The van der Waals surface area contributed by atoms with Crippen LogP contribution in [0.4, 0.5) is 0 Å². The highest BCUT2D eigenvalue weighted by Gasteiger charge is 2.05. The number of nitrogens with two attached hydrogens (primary N) is 1. The minimum atomic E-state index is 0.133. The van der Waals surface area contributed by atoms with Crippen LogP contribution in [0, 0.1) is 13.8 Å². The summed E-state index contributed by atoms with van der Waals surface area (Å²) in [7, 11) is 0. The second kappa shape index (κ2) is 4.72. The van der Waals surface area contributed by atoms with E-state index in [1.54, 1.807) is 0 Å². The van der Waals surface area contributed by atoms with Crippen molar-refractivity contribution in [2.24, 2.45) is 5.73 Å². The summed E-state index contributed by atoms with van der Waals surface area (Å²) in [6, 6.07) is 6.56. The lowest BCUT2D eigenvalue weighted by Gasteiger charge is -2.03. The Bertz CT molecular complexity index is 512. The summed E-state index contributed by atoms with van der Waals surface area (Å²) in [5.41, 5.74) is 10.6. The van der Waals surface area contributed by atoms with Gasteiger partial charge in [-0.1, -0.05) is 12.1 Å². The number of hydrogen-bond donors (Lipinski definition) is 2. The van der Waals surface area contributed by atoms with Crippen LogP contribution in [0.2, 0.25) is 0 Å². The highest BCUT2D eigenvalue weighted by Crippen LogP contribution is 2.20. The number of H-pyrrole nitrogens is 1. The molecule has 0 aliphatic carbocycles. The molecule has 0 radical (unpaired) electrons. The van der Waals surface area contributed by atoms with Gasteiger partial charge in [0.15, 0.2) is 0 Å². The Morgan fingerprint density at radius 2 is 2.06 bits per heavy atom. The zero-order chi connectivity index (χ0) is 12.4. The number of rotatable bonds is 3. The van der Waals surface area contributed by atoms with Gasteiger partial charge in [0, 0.05) is 12.5 Å². The van der Waals surface area contributed by atoms with Crippen LogP contribution < -0.4 is 5.73 Å². The quantitative estimate of drug-likeness (QED) is 0.850. The molecular weight excluding hydrogens is 210 g/mol. The van der Waals surface area contributed by atoms with Crippen molar-refractivity contribution in [1.29, 1.82) is 0 Å². The first kappa shape index (κ1) is 11.9. The third-order valence-electron chi connectivity index (χ3n) is 2.96. The molecule has 2 aromatic rings. The third-order valence-corrected chi connectivity index (χ3v) is 2.96. The van der Waals surface area contributed by atoms with Crippen LogP contribution in [0.1, 0.15) is 23.9 Å². The van der Waals surface area contributed by atoms with E-state index in [1.165, 1.54) is 16.7 Å². The zero-order valence-corrected chi connectivity index (χ0v) is 10.6. The van der Waals surface area contributed by atoms with E-state index < -0.39 is 0 Å². The van der Waals surface area contributed by atoms with Crippen molar-refractivity contribution in [3.8, 4) is 11.3 Å². The molecule has 0 spiro atoms. The van der Waals surface area contributed by atoms with Gasteiger partial charge in [0.2, 0.25) is 0 Å². The molecule has 0 aliphatic heterocycles. The Morgan fingerprint density at radius 3 is 2.71 bits per heavy atom. The Balaban J connectivity index is 2.27. The minimum absolute atomic E-state index is 0.133. The molecular formula is C14H19N3. The van der Waals surface area contributed by atoms with Crippen molar-refractivity contribution >= 4 is 0 Å². The van der Waals surface area contributed by atoms with Crippen molar-refractivity contribution in [2.45, 2.75) is 33.2 Å². The fourth-order valence-corrected chi connectivity index (χ4v) is 1.83. The van der Waals surface area contributed by atoms with Crippen molar-refractivity contribution in [3.05, 3.63) is 41.3 Å². The Kier molecular flexibility index (Phi) is 3.29. The maximum Gasteiger partial charge on any atom is 0.108 e. The predicted octanol–water partition coefficient (Wildman–Crippen LogP) is 2.58. The molecule has 0 amide bonds. The van der Waals surface area contributed by atoms with Gasteiger partial charge in [-0.3, -0.25) is 0 Å². The molecule has 1 aromatic carbocycles. The van der Waals surface area contributed by atoms with Gasteiger partial charge in [-0.05, 0) is 43.5 Å². The van der Waals surface area contributed by atoms with Crippen LogP contribution in [0.15, 0.2) is 24.4 Å². The van der Waals surface area contributed by atoms with E-state index in [2.05, 4.69) is 42.0 Å². The van der Waals surface area contributed by atoms with E-state index in [0.29, 0.717) is 0 Å². The SMILES string of the molecule is Cc1ccc(-c2cnc(CC(C)N)[nH]2)cc1C. The molecule has 0 saturated carbocycles. The molecule has 3 nitrogen and oxygen atoms in total. The molecule has 2 rings (SSSR count). The van der Waals surface area contributed by atoms with Crippen LogP contribution >= 0.6 is 0 Å². The number of aromatic amines is 1. The van der Waals surface area contributed by atoms with Gasteiger partial charge in [0.05, 0.1) is 11.9 Å². The Hall–Kier alpha value is -1.61. The third kappa shape index (κ3) is 2.74. The lowest BCUT2D eigenvalue weighted by atomic mass is 10.1. The van der Waals surface area contributed by atoms with Crippen LogP contribution in [0.3, 0.4) is 0 Å². The van der Waals surface area contributed by atoms with Gasteiger partial charge < -0.3 is 10.7 Å². The molecule has 1 atom stereocenters. The highest BCUT2D eigenvalue weighted by molar-refractivity contribution is 5.60. The molecule has 0 fully saturated rings. The van der Waals surface area contributed by atoms with Gasteiger partial charge in [0.25, 0.3) is 0 Å². The second-order valence-electron chi connectivity index (χ2n) is 4.72. The van der Waals surface area contributed by atoms with E-state index >= 15 is 0 Å².